The zero-order chi connectivity index (χ0) is 12.0. The Morgan fingerprint density at radius 1 is 1.75 bits per heavy atom. The van der Waals surface area contributed by atoms with Crippen molar-refractivity contribution in [1.82, 2.24) is 10.2 Å². The first-order valence-corrected chi connectivity index (χ1v) is 6.86. The monoisotopic (exact) mass is 261 g/mol. The molecule has 7 heteroatoms. The van der Waals surface area contributed by atoms with Gasteiger partial charge in [0, 0.05) is 5.75 Å². The molecule has 0 saturated heterocycles. The van der Waals surface area contributed by atoms with E-state index in [1.165, 1.54) is 11.3 Å². The van der Waals surface area contributed by atoms with Crippen LogP contribution in [0.1, 0.15) is 26.2 Å². The summed E-state index contributed by atoms with van der Waals surface area (Å²) in [5.41, 5.74) is 6.36. The van der Waals surface area contributed by atoms with Gasteiger partial charge < -0.3 is 10.8 Å². The van der Waals surface area contributed by atoms with Gasteiger partial charge in [0.15, 0.2) is 4.34 Å². The Kier molecular flexibility index (Phi) is 5.17. The smallest absolute Gasteiger partial charge is 0.323 e. The zero-order valence-corrected chi connectivity index (χ0v) is 10.7. The van der Waals surface area contributed by atoms with E-state index in [1.807, 2.05) is 0 Å². The van der Waals surface area contributed by atoms with Crippen LogP contribution < -0.4 is 5.73 Å². The van der Waals surface area contributed by atoms with E-state index in [0.717, 1.165) is 16.5 Å². The lowest BCUT2D eigenvalue weighted by Crippen LogP contribution is -2.47. The van der Waals surface area contributed by atoms with Gasteiger partial charge in [0.25, 0.3) is 0 Å². The number of nitrogens with zero attached hydrogens (tertiary/aromatic N) is 2. The molecule has 0 saturated carbocycles. The van der Waals surface area contributed by atoms with Gasteiger partial charge in [0.1, 0.15) is 11.0 Å². The van der Waals surface area contributed by atoms with Crippen molar-refractivity contribution in [2.75, 3.05) is 5.75 Å². The third-order valence-corrected chi connectivity index (χ3v) is 4.34. The van der Waals surface area contributed by atoms with Crippen molar-refractivity contribution < 1.29 is 9.90 Å². The molecule has 0 spiro atoms. The standard InChI is InChI=1S/C9H15N3O2S2/c1-2-9(10,7(13)14)4-3-5-15-8-12-11-6-16-8/h6H,2-5,10H2,1H3,(H,13,14). The molecular weight excluding hydrogens is 246 g/mol. The highest BCUT2D eigenvalue weighted by atomic mass is 32.2. The number of rotatable bonds is 7. The number of nitrogens with two attached hydrogens (primary N) is 1. The van der Waals surface area contributed by atoms with Crippen molar-refractivity contribution in [2.45, 2.75) is 36.1 Å². The highest BCUT2D eigenvalue weighted by molar-refractivity contribution is 8.00. The van der Waals surface area contributed by atoms with Gasteiger partial charge in [-0.25, -0.2) is 0 Å². The van der Waals surface area contributed by atoms with E-state index in [-0.39, 0.29) is 0 Å². The Hall–Kier alpha value is -0.660. The first kappa shape index (κ1) is 13.4. The average Bonchev–Trinajstić information content (AvgIpc) is 2.76. The van der Waals surface area contributed by atoms with Gasteiger partial charge >= 0.3 is 5.97 Å². The molecule has 1 aromatic rings. The van der Waals surface area contributed by atoms with Gasteiger partial charge in [-0.1, -0.05) is 30.0 Å². The largest absolute Gasteiger partial charge is 0.480 e. The first-order chi connectivity index (χ1) is 7.58. The second-order valence-electron chi connectivity index (χ2n) is 3.47. The van der Waals surface area contributed by atoms with E-state index >= 15 is 0 Å². The van der Waals surface area contributed by atoms with Crippen molar-refractivity contribution in [3.63, 3.8) is 0 Å². The summed E-state index contributed by atoms with van der Waals surface area (Å²) >= 11 is 3.07. The molecule has 0 aliphatic rings. The first-order valence-electron chi connectivity index (χ1n) is 5.00. The molecule has 0 bridgehead atoms. The molecule has 0 aliphatic heterocycles. The lowest BCUT2D eigenvalue weighted by Gasteiger charge is -2.22. The maximum Gasteiger partial charge on any atom is 0.323 e. The summed E-state index contributed by atoms with van der Waals surface area (Å²) in [5.74, 6) is -0.0996. The van der Waals surface area contributed by atoms with Crippen LogP contribution in [-0.2, 0) is 4.79 Å². The van der Waals surface area contributed by atoms with Gasteiger partial charge in [-0.3, -0.25) is 4.79 Å². The van der Waals surface area contributed by atoms with Crippen LogP contribution in [0.25, 0.3) is 0 Å². The minimum absolute atomic E-state index is 0.450. The summed E-state index contributed by atoms with van der Waals surface area (Å²) in [4.78, 5) is 10.9. The second kappa shape index (κ2) is 6.17. The van der Waals surface area contributed by atoms with Crippen molar-refractivity contribution >= 4 is 29.1 Å². The molecule has 0 aliphatic carbocycles. The predicted molar refractivity (Wildman–Crippen MR) is 64.7 cm³/mol. The molecule has 90 valence electrons. The predicted octanol–water partition coefficient (Wildman–Crippen LogP) is 1.60. The third-order valence-electron chi connectivity index (χ3n) is 2.39. The van der Waals surface area contributed by atoms with Gasteiger partial charge in [0.05, 0.1) is 0 Å². The summed E-state index contributed by atoms with van der Waals surface area (Å²) in [7, 11) is 0. The van der Waals surface area contributed by atoms with Gasteiger partial charge in [-0.05, 0) is 19.3 Å². The molecule has 3 N–H and O–H groups in total. The number of aromatic nitrogens is 2. The summed E-state index contributed by atoms with van der Waals surface area (Å²) < 4.78 is 0.912. The molecule has 0 amide bonds. The Balaban J connectivity index is 2.26. The molecule has 0 aromatic carbocycles. The van der Waals surface area contributed by atoms with Crippen molar-refractivity contribution in [3.05, 3.63) is 5.51 Å². The van der Waals surface area contributed by atoms with Crippen LogP contribution in [0, 0.1) is 0 Å². The molecule has 1 rings (SSSR count). The van der Waals surface area contributed by atoms with E-state index in [2.05, 4.69) is 10.2 Å². The van der Waals surface area contributed by atoms with Crippen LogP contribution in [0.15, 0.2) is 9.85 Å². The lowest BCUT2D eigenvalue weighted by molar-refractivity contribution is -0.143. The Labute approximate surface area is 102 Å². The van der Waals surface area contributed by atoms with E-state index in [0.29, 0.717) is 12.8 Å². The maximum atomic E-state index is 10.9. The van der Waals surface area contributed by atoms with E-state index in [1.54, 1.807) is 24.2 Å². The fraction of sp³-hybridized carbons (Fsp3) is 0.667. The zero-order valence-electron chi connectivity index (χ0n) is 9.05. The third kappa shape index (κ3) is 3.73. The Morgan fingerprint density at radius 2 is 2.50 bits per heavy atom. The number of hydrogen-bond acceptors (Lipinski definition) is 6. The molecular formula is C9H15N3O2S2. The van der Waals surface area contributed by atoms with Crippen molar-refractivity contribution in [2.24, 2.45) is 5.73 Å². The molecule has 0 radical (unpaired) electrons. The topological polar surface area (TPSA) is 89.1 Å². The number of thioether (sulfide) groups is 1. The molecule has 1 heterocycles. The Morgan fingerprint density at radius 3 is 3.00 bits per heavy atom. The number of carboxylic acids is 1. The minimum Gasteiger partial charge on any atom is -0.480 e. The molecule has 0 fully saturated rings. The molecule has 1 atom stereocenters. The quantitative estimate of drug-likeness (QED) is 0.572. The number of aliphatic carboxylic acids is 1. The molecule has 16 heavy (non-hydrogen) atoms. The lowest BCUT2D eigenvalue weighted by atomic mass is 9.92. The average molecular weight is 261 g/mol. The van der Waals surface area contributed by atoms with E-state index in [9.17, 15) is 4.79 Å². The summed E-state index contributed by atoms with van der Waals surface area (Å²) in [5, 5.41) is 16.6. The van der Waals surface area contributed by atoms with Gasteiger partial charge in [-0.2, -0.15) is 0 Å². The number of carboxylic acid groups (broad SMARTS) is 1. The van der Waals surface area contributed by atoms with Gasteiger partial charge in [-0.15, -0.1) is 10.2 Å². The normalized spacial score (nSPS) is 14.6. The maximum absolute atomic E-state index is 10.9. The summed E-state index contributed by atoms with van der Waals surface area (Å²) in [6.45, 7) is 1.80. The van der Waals surface area contributed by atoms with E-state index < -0.39 is 11.5 Å². The molecule has 1 unspecified atom stereocenters. The SMILES string of the molecule is CCC(N)(CCCSc1nncs1)C(=O)O. The summed E-state index contributed by atoms with van der Waals surface area (Å²) in [6, 6.07) is 0. The fourth-order valence-electron chi connectivity index (χ4n) is 1.21. The van der Waals surface area contributed by atoms with Crippen molar-refractivity contribution in [1.29, 1.82) is 0 Å². The van der Waals surface area contributed by atoms with E-state index in [4.69, 9.17) is 10.8 Å². The molecule has 5 nitrogen and oxygen atoms in total. The van der Waals surface area contributed by atoms with Crippen LogP contribution in [0.4, 0.5) is 0 Å². The number of hydrogen-bond donors (Lipinski definition) is 2. The second-order valence-corrected chi connectivity index (χ2v) is 5.65. The van der Waals surface area contributed by atoms with Crippen LogP contribution in [0.2, 0.25) is 0 Å². The highest BCUT2D eigenvalue weighted by Crippen LogP contribution is 2.22. The summed E-state index contributed by atoms with van der Waals surface area (Å²) in [6.07, 6.45) is 1.71. The van der Waals surface area contributed by atoms with Gasteiger partial charge in [0.2, 0.25) is 0 Å². The fourth-order valence-corrected chi connectivity index (χ4v) is 2.71. The number of carbonyl (C=O) groups is 1. The van der Waals surface area contributed by atoms with Crippen molar-refractivity contribution in [3.8, 4) is 0 Å². The van der Waals surface area contributed by atoms with Crippen LogP contribution in [0.5, 0.6) is 0 Å². The minimum atomic E-state index is -1.08. The highest BCUT2D eigenvalue weighted by Gasteiger charge is 2.30. The Bertz CT molecular complexity index is 332. The molecule has 1 aromatic heterocycles. The van der Waals surface area contributed by atoms with Crippen LogP contribution in [0.3, 0.4) is 0 Å². The van der Waals surface area contributed by atoms with Crippen LogP contribution in [-0.4, -0.2) is 32.6 Å². The van der Waals surface area contributed by atoms with Crippen LogP contribution >= 0.6 is 23.1 Å².